The van der Waals surface area contributed by atoms with Crippen molar-refractivity contribution in [2.24, 2.45) is 0 Å². The van der Waals surface area contributed by atoms with Crippen molar-refractivity contribution in [1.29, 1.82) is 0 Å². The Morgan fingerprint density at radius 1 is 0.886 bits per heavy atom. The number of carbonyl (C=O) groups is 2. The van der Waals surface area contributed by atoms with Crippen molar-refractivity contribution < 1.29 is 28.2 Å². The molecule has 0 bridgehead atoms. The summed E-state index contributed by atoms with van der Waals surface area (Å²) < 4.78 is 32.4. The number of hydrogen-bond donors (Lipinski definition) is 2. The van der Waals surface area contributed by atoms with Crippen LogP contribution in [0, 0.1) is 19.7 Å². The predicted molar refractivity (Wildman–Crippen MR) is 168 cm³/mol. The van der Waals surface area contributed by atoms with E-state index in [4.69, 9.17) is 14.2 Å². The number of hydrogen-bond acceptors (Lipinski definition) is 8. The number of anilines is 1. The summed E-state index contributed by atoms with van der Waals surface area (Å²) in [6.45, 7) is 10.8. The van der Waals surface area contributed by atoms with Gasteiger partial charge >= 0.3 is 0 Å². The molecule has 12 heteroatoms. The Morgan fingerprint density at radius 3 is 2.18 bits per heavy atom. The molecule has 2 N–H and O–H groups in total. The van der Waals surface area contributed by atoms with E-state index < -0.39 is 0 Å². The summed E-state index contributed by atoms with van der Waals surface area (Å²) in [4.78, 5) is 26.0. The largest absolute Gasteiger partial charge is 0.490 e. The summed E-state index contributed by atoms with van der Waals surface area (Å²) in [5.41, 5.74) is 3.66. The number of aryl methyl sites for hydroxylation is 2. The zero-order valence-corrected chi connectivity index (χ0v) is 26.2. The van der Waals surface area contributed by atoms with Gasteiger partial charge in [0, 0.05) is 11.3 Å². The highest BCUT2D eigenvalue weighted by molar-refractivity contribution is 7.99. The zero-order chi connectivity index (χ0) is 31.6. The van der Waals surface area contributed by atoms with Crippen LogP contribution >= 0.6 is 11.8 Å². The first-order chi connectivity index (χ1) is 21.2. The molecule has 2 amide bonds. The number of amides is 2. The number of thioether (sulfide) groups is 1. The van der Waals surface area contributed by atoms with E-state index in [1.54, 1.807) is 12.1 Å². The van der Waals surface area contributed by atoms with Crippen LogP contribution in [0.1, 0.15) is 48.1 Å². The maximum atomic E-state index is 13.4. The number of nitrogens with zero attached hydrogens (tertiary/aromatic N) is 3. The molecule has 0 saturated carbocycles. The van der Waals surface area contributed by atoms with E-state index in [2.05, 4.69) is 20.8 Å². The van der Waals surface area contributed by atoms with E-state index in [1.165, 1.54) is 36.0 Å². The second-order valence-corrected chi connectivity index (χ2v) is 10.6. The van der Waals surface area contributed by atoms with Gasteiger partial charge in [-0.15, -0.1) is 10.2 Å². The van der Waals surface area contributed by atoms with E-state index in [9.17, 15) is 14.0 Å². The molecule has 44 heavy (non-hydrogen) atoms. The highest BCUT2D eigenvalue weighted by atomic mass is 32.2. The quantitative estimate of drug-likeness (QED) is 0.168. The van der Waals surface area contributed by atoms with Crippen molar-refractivity contribution in [3.8, 4) is 22.9 Å². The Bertz CT molecular complexity index is 1580. The van der Waals surface area contributed by atoms with Crippen molar-refractivity contribution in [1.82, 2.24) is 20.1 Å². The lowest BCUT2D eigenvalue weighted by molar-refractivity contribution is -0.113. The lowest BCUT2D eigenvalue weighted by Gasteiger charge is -2.17. The Morgan fingerprint density at radius 2 is 1.55 bits per heavy atom. The molecule has 0 aliphatic rings. The first-order valence-electron chi connectivity index (χ1n) is 14.3. The number of rotatable bonds is 14. The van der Waals surface area contributed by atoms with Crippen LogP contribution in [0.2, 0.25) is 0 Å². The standard InChI is InChI=1S/C32H36FN5O5S/c1-6-41-26-16-22(17-27(42-7-2)30(26)43-8-3)31(40)34-18-28-36-37-32(38(28)25-15-20(4)9-10-21(25)5)44-19-29(39)35-24-13-11-23(33)12-14-24/h9-17H,6-8,18-19H2,1-5H3,(H,34,40)(H,35,39). The highest BCUT2D eigenvalue weighted by Gasteiger charge is 2.21. The minimum absolute atomic E-state index is 0.0410. The Labute approximate surface area is 260 Å². The third-order valence-corrected chi connectivity index (χ3v) is 7.27. The molecule has 0 aliphatic heterocycles. The van der Waals surface area contributed by atoms with Gasteiger partial charge in [0.25, 0.3) is 5.91 Å². The number of nitrogens with one attached hydrogen (secondary N) is 2. The zero-order valence-electron chi connectivity index (χ0n) is 25.4. The fraction of sp³-hybridized carbons (Fsp3) is 0.312. The molecular weight excluding hydrogens is 585 g/mol. The molecule has 4 rings (SSSR count). The highest BCUT2D eigenvalue weighted by Crippen LogP contribution is 2.39. The maximum Gasteiger partial charge on any atom is 0.251 e. The van der Waals surface area contributed by atoms with Gasteiger partial charge in [-0.25, -0.2) is 4.39 Å². The van der Waals surface area contributed by atoms with Crippen LogP contribution in [-0.2, 0) is 11.3 Å². The normalized spacial score (nSPS) is 10.8. The summed E-state index contributed by atoms with van der Waals surface area (Å²) in [7, 11) is 0. The topological polar surface area (TPSA) is 117 Å². The Hall–Kier alpha value is -4.58. The van der Waals surface area contributed by atoms with Crippen LogP contribution in [0.15, 0.2) is 59.8 Å². The summed E-state index contributed by atoms with van der Waals surface area (Å²) in [5, 5.41) is 14.9. The van der Waals surface area contributed by atoms with E-state index in [0.29, 0.717) is 59.3 Å². The fourth-order valence-corrected chi connectivity index (χ4v) is 5.12. The van der Waals surface area contributed by atoms with Crippen molar-refractivity contribution in [2.75, 3.05) is 30.9 Å². The molecule has 0 unspecified atom stereocenters. The summed E-state index contributed by atoms with van der Waals surface area (Å²) in [5.74, 6) is 0.783. The Kier molecular flexibility index (Phi) is 11.2. The van der Waals surface area contributed by atoms with Gasteiger partial charge in [-0.05, 0) is 88.2 Å². The van der Waals surface area contributed by atoms with Crippen molar-refractivity contribution in [2.45, 2.75) is 46.3 Å². The number of benzene rings is 3. The van der Waals surface area contributed by atoms with E-state index >= 15 is 0 Å². The van der Waals surface area contributed by atoms with E-state index in [-0.39, 0.29) is 29.9 Å². The van der Waals surface area contributed by atoms with Crippen molar-refractivity contribution >= 4 is 29.3 Å². The van der Waals surface area contributed by atoms with Gasteiger partial charge in [-0.3, -0.25) is 14.2 Å². The van der Waals surface area contributed by atoms with Gasteiger partial charge in [-0.1, -0.05) is 23.9 Å². The van der Waals surface area contributed by atoms with Crippen LogP contribution in [0.5, 0.6) is 17.2 Å². The summed E-state index contributed by atoms with van der Waals surface area (Å²) in [6.07, 6.45) is 0. The van der Waals surface area contributed by atoms with E-state index in [1.807, 2.05) is 57.4 Å². The molecule has 1 aromatic heterocycles. The fourth-order valence-electron chi connectivity index (χ4n) is 4.35. The van der Waals surface area contributed by atoms with Crippen LogP contribution < -0.4 is 24.8 Å². The maximum absolute atomic E-state index is 13.4. The average Bonchev–Trinajstić information content (AvgIpc) is 3.41. The molecule has 10 nitrogen and oxygen atoms in total. The average molecular weight is 622 g/mol. The predicted octanol–water partition coefficient (Wildman–Crippen LogP) is 5.88. The third-order valence-electron chi connectivity index (χ3n) is 6.34. The lowest BCUT2D eigenvalue weighted by atomic mass is 10.1. The first-order valence-corrected chi connectivity index (χ1v) is 15.3. The molecule has 0 atom stereocenters. The van der Waals surface area contributed by atoms with Gasteiger partial charge in [-0.2, -0.15) is 0 Å². The van der Waals surface area contributed by atoms with Crippen LogP contribution in [-0.4, -0.2) is 52.2 Å². The second kappa shape index (κ2) is 15.2. The molecule has 0 radical (unpaired) electrons. The number of halogens is 1. The molecule has 4 aromatic rings. The monoisotopic (exact) mass is 621 g/mol. The Balaban J connectivity index is 1.58. The number of carbonyl (C=O) groups excluding carboxylic acids is 2. The van der Waals surface area contributed by atoms with Crippen LogP contribution in [0.4, 0.5) is 10.1 Å². The molecule has 1 heterocycles. The van der Waals surface area contributed by atoms with E-state index in [0.717, 1.165) is 16.8 Å². The molecule has 0 fully saturated rings. The summed E-state index contributed by atoms with van der Waals surface area (Å²) in [6, 6.07) is 14.8. The third kappa shape index (κ3) is 8.07. The minimum atomic E-state index is -0.384. The molecule has 0 aliphatic carbocycles. The number of aromatic nitrogens is 3. The van der Waals surface area contributed by atoms with Crippen molar-refractivity contribution in [3.05, 3.63) is 82.9 Å². The smallest absolute Gasteiger partial charge is 0.251 e. The van der Waals surface area contributed by atoms with Gasteiger partial charge < -0.3 is 24.8 Å². The van der Waals surface area contributed by atoms with Gasteiger partial charge in [0.2, 0.25) is 11.7 Å². The van der Waals surface area contributed by atoms with Gasteiger partial charge in [0.05, 0.1) is 37.8 Å². The van der Waals surface area contributed by atoms with Crippen LogP contribution in [0.3, 0.4) is 0 Å². The van der Waals surface area contributed by atoms with Crippen LogP contribution in [0.25, 0.3) is 5.69 Å². The van der Waals surface area contributed by atoms with Gasteiger partial charge in [0.1, 0.15) is 5.82 Å². The second-order valence-electron chi connectivity index (χ2n) is 9.65. The number of ether oxygens (including phenoxy) is 3. The molecule has 232 valence electrons. The first kappa shape index (κ1) is 32.3. The summed E-state index contributed by atoms with van der Waals surface area (Å²) >= 11 is 1.20. The molecule has 0 spiro atoms. The SMILES string of the molecule is CCOc1cc(C(=O)NCc2nnc(SCC(=O)Nc3ccc(F)cc3)n2-c2cc(C)ccc2C)cc(OCC)c1OCC. The van der Waals surface area contributed by atoms with Gasteiger partial charge in [0.15, 0.2) is 22.5 Å². The minimum Gasteiger partial charge on any atom is -0.490 e. The lowest BCUT2D eigenvalue weighted by Crippen LogP contribution is -2.25. The van der Waals surface area contributed by atoms with Crippen molar-refractivity contribution in [3.63, 3.8) is 0 Å². The molecule has 3 aromatic carbocycles. The molecular formula is C32H36FN5O5S. The molecule has 0 saturated heterocycles.